The summed E-state index contributed by atoms with van der Waals surface area (Å²) < 4.78 is 0. The van der Waals surface area contributed by atoms with Gasteiger partial charge in [-0.3, -0.25) is 0 Å². The summed E-state index contributed by atoms with van der Waals surface area (Å²) in [6.07, 6.45) is 1.56. The molecule has 3 aromatic rings. The van der Waals surface area contributed by atoms with Crippen molar-refractivity contribution in [3.05, 3.63) is 71.9 Å². The number of hydrogen-bond donors (Lipinski definition) is 3. The second kappa shape index (κ2) is 9.11. The second-order valence-electron chi connectivity index (χ2n) is 7.37. The monoisotopic (exact) mass is 425 g/mol. The average molecular weight is 426 g/mol. The molecular weight excluding hydrogens is 402 g/mol. The van der Waals surface area contributed by atoms with Crippen LogP contribution in [0.25, 0.3) is 0 Å². The fourth-order valence-corrected chi connectivity index (χ4v) is 2.68. The Kier molecular flexibility index (Phi) is 6.54. The Balaban J connectivity index is 1.92. The fraction of sp³-hybridized carbons (Fsp3) is 0.227. The molecule has 3 rings (SSSR count). The van der Waals surface area contributed by atoms with Gasteiger partial charge in [-0.15, -0.1) is 0 Å². The smallest absolute Gasteiger partial charge is 0.332 e. The van der Waals surface area contributed by atoms with Crippen molar-refractivity contribution in [2.45, 2.75) is 32.4 Å². The van der Waals surface area contributed by atoms with Crippen molar-refractivity contribution in [1.29, 1.82) is 0 Å². The van der Waals surface area contributed by atoms with E-state index >= 15 is 0 Å². The molecule has 0 saturated heterocycles. The Labute approximate surface area is 180 Å². The van der Waals surface area contributed by atoms with Gasteiger partial charge in [-0.1, -0.05) is 29.8 Å². The largest absolute Gasteiger partial charge is 0.388 e. The number of halogens is 1. The molecule has 1 aromatic heterocycles. The third kappa shape index (κ3) is 5.46. The fourth-order valence-electron chi connectivity index (χ4n) is 2.56. The highest BCUT2D eigenvalue weighted by molar-refractivity contribution is 6.30. The van der Waals surface area contributed by atoms with Crippen molar-refractivity contribution < 1.29 is 9.90 Å². The minimum atomic E-state index is -0.968. The van der Waals surface area contributed by atoms with E-state index in [9.17, 15) is 9.90 Å². The van der Waals surface area contributed by atoms with Crippen molar-refractivity contribution >= 4 is 40.8 Å². The number of nitrogens with one attached hydrogen (secondary N) is 2. The van der Waals surface area contributed by atoms with Crippen LogP contribution >= 0.6 is 11.6 Å². The molecule has 0 fully saturated rings. The molecule has 0 saturated carbocycles. The zero-order valence-electron chi connectivity index (χ0n) is 17.0. The van der Waals surface area contributed by atoms with Crippen LogP contribution in [-0.2, 0) is 0 Å². The van der Waals surface area contributed by atoms with E-state index in [1.54, 1.807) is 50.4 Å². The topological polar surface area (TPSA) is 90.4 Å². The van der Waals surface area contributed by atoms with E-state index in [2.05, 4.69) is 20.6 Å². The highest BCUT2D eigenvalue weighted by Gasteiger charge is 2.24. The molecule has 0 bridgehead atoms. The van der Waals surface area contributed by atoms with Crippen molar-refractivity contribution in [3.63, 3.8) is 0 Å². The van der Waals surface area contributed by atoms with E-state index < -0.39 is 5.60 Å². The van der Waals surface area contributed by atoms with Gasteiger partial charge >= 0.3 is 6.03 Å². The van der Waals surface area contributed by atoms with Gasteiger partial charge in [-0.2, -0.15) is 4.98 Å². The van der Waals surface area contributed by atoms with Crippen molar-refractivity contribution in [2.24, 2.45) is 0 Å². The van der Waals surface area contributed by atoms with Crippen LogP contribution in [0.3, 0.4) is 0 Å². The molecule has 7 nitrogen and oxygen atoms in total. The van der Waals surface area contributed by atoms with Crippen molar-refractivity contribution in [2.75, 3.05) is 15.5 Å². The standard InChI is InChI=1S/C22H24ClN5O2/c1-15(22(2,3)30)25-20-24-14-13-19(27-20)28(18-7-5-4-6-8-18)21(29)26-17-11-9-16(23)10-12-17/h4-15,30H,1-3H3,(H,26,29)(H,24,25,27)/t15-/m0/s1. The quantitative estimate of drug-likeness (QED) is 0.512. The Morgan fingerprint density at radius 1 is 1.10 bits per heavy atom. The first-order valence-corrected chi connectivity index (χ1v) is 9.85. The number of benzene rings is 2. The van der Waals surface area contributed by atoms with Crippen LogP contribution in [0.2, 0.25) is 5.02 Å². The van der Waals surface area contributed by atoms with Gasteiger partial charge in [0.05, 0.1) is 17.3 Å². The van der Waals surface area contributed by atoms with Crippen LogP contribution < -0.4 is 15.5 Å². The normalized spacial score (nSPS) is 12.2. The Hall–Kier alpha value is -3.16. The minimum Gasteiger partial charge on any atom is -0.388 e. The number of aliphatic hydroxyl groups is 1. The molecule has 0 aliphatic heterocycles. The summed E-state index contributed by atoms with van der Waals surface area (Å²) in [4.78, 5) is 23.3. The summed E-state index contributed by atoms with van der Waals surface area (Å²) in [7, 11) is 0. The van der Waals surface area contributed by atoms with E-state index in [1.165, 1.54) is 4.90 Å². The summed E-state index contributed by atoms with van der Waals surface area (Å²) in [5.41, 5.74) is 0.280. The van der Waals surface area contributed by atoms with E-state index in [-0.39, 0.29) is 12.1 Å². The molecule has 156 valence electrons. The van der Waals surface area contributed by atoms with E-state index in [4.69, 9.17) is 11.6 Å². The highest BCUT2D eigenvalue weighted by atomic mass is 35.5. The van der Waals surface area contributed by atoms with Crippen LogP contribution in [0.5, 0.6) is 0 Å². The van der Waals surface area contributed by atoms with Gasteiger partial charge in [-0.25, -0.2) is 14.7 Å². The predicted molar refractivity (Wildman–Crippen MR) is 120 cm³/mol. The Bertz CT molecular complexity index is 990. The maximum atomic E-state index is 13.2. The predicted octanol–water partition coefficient (Wildman–Crippen LogP) is 5.07. The summed E-state index contributed by atoms with van der Waals surface area (Å²) in [5, 5.41) is 16.7. The van der Waals surface area contributed by atoms with Crippen molar-refractivity contribution in [1.82, 2.24) is 9.97 Å². The molecule has 0 spiro atoms. The number of aromatic nitrogens is 2. The number of rotatable bonds is 6. The number of para-hydroxylation sites is 1. The lowest BCUT2D eigenvalue weighted by molar-refractivity contribution is 0.0646. The molecule has 0 unspecified atom stereocenters. The van der Waals surface area contributed by atoms with Crippen LogP contribution in [-0.4, -0.2) is 32.7 Å². The molecule has 0 aliphatic carbocycles. The summed E-state index contributed by atoms with van der Waals surface area (Å²) in [5.74, 6) is 0.690. The van der Waals surface area contributed by atoms with Crippen molar-refractivity contribution in [3.8, 4) is 0 Å². The van der Waals surface area contributed by atoms with Crippen LogP contribution in [0.1, 0.15) is 20.8 Å². The first kappa shape index (κ1) is 21.5. The van der Waals surface area contributed by atoms with Crippen LogP contribution in [0, 0.1) is 0 Å². The molecule has 1 heterocycles. The number of carbonyl (C=O) groups excluding carboxylic acids is 1. The SMILES string of the molecule is C[C@H](Nc1nccc(N(C(=O)Nc2ccc(Cl)cc2)c2ccccc2)n1)C(C)(C)O. The van der Waals surface area contributed by atoms with Crippen LogP contribution in [0.4, 0.5) is 27.9 Å². The Morgan fingerprint density at radius 3 is 2.40 bits per heavy atom. The molecule has 2 amide bonds. The number of urea groups is 1. The molecular formula is C22H24ClN5O2. The van der Waals surface area contributed by atoms with Gasteiger partial charge < -0.3 is 15.7 Å². The molecule has 0 radical (unpaired) electrons. The van der Waals surface area contributed by atoms with E-state index in [1.807, 2.05) is 37.3 Å². The zero-order valence-corrected chi connectivity index (χ0v) is 17.8. The maximum Gasteiger partial charge on any atom is 0.332 e. The zero-order chi connectivity index (χ0) is 21.7. The third-order valence-corrected chi connectivity index (χ3v) is 4.84. The molecule has 0 aliphatic rings. The number of nitrogens with zero attached hydrogens (tertiary/aromatic N) is 3. The Morgan fingerprint density at radius 2 is 1.77 bits per heavy atom. The van der Waals surface area contributed by atoms with E-state index in [0.717, 1.165) is 0 Å². The maximum absolute atomic E-state index is 13.2. The van der Waals surface area contributed by atoms with Gasteiger partial charge in [0.25, 0.3) is 0 Å². The van der Waals surface area contributed by atoms with Gasteiger partial charge in [0.1, 0.15) is 5.82 Å². The molecule has 8 heteroatoms. The molecule has 3 N–H and O–H groups in total. The molecule has 30 heavy (non-hydrogen) atoms. The number of amides is 2. The number of carbonyl (C=O) groups is 1. The van der Waals surface area contributed by atoms with Crippen LogP contribution in [0.15, 0.2) is 66.9 Å². The molecule has 2 aromatic carbocycles. The average Bonchev–Trinajstić information content (AvgIpc) is 2.70. The van der Waals surface area contributed by atoms with E-state index in [0.29, 0.717) is 28.2 Å². The van der Waals surface area contributed by atoms with Gasteiger partial charge in [-0.05, 0) is 57.2 Å². The first-order valence-electron chi connectivity index (χ1n) is 9.48. The van der Waals surface area contributed by atoms with Gasteiger partial charge in [0, 0.05) is 23.0 Å². The lowest BCUT2D eigenvalue weighted by Crippen LogP contribution is -2.40. The van der Waals surface area contributed by atoms with Gasteiger partial charge in [0.2, 0.25) is 5.95 Å². The lowest BCUT2D eigenvalue weighted by Gasteiger charge is -2.27. The lowest BCUT2D eigenvalue weighted by atomic mass is 10.0. The van der Waals surface area contributed by atoms with Gasteiger partial charge in [0.15, 0.2) is 0 Å². The number of hydrogen-bond acceptors (Lipinski definition) is 5. The summed E-state index contributed by atoms with van der Waals surface area (Å²) in [6.45, 7) is 5.23. The third-order valence-electron chi connectivity index (χ3n) is 4.59. The first-order chi connectivity index (χ1) is 14.2. The number of anilines is 4. The minimum absolute atomic E-state index is 0.305. The second-order valence-corrected chi connectivity index (χ2v) is 7.80. The summed E-state index contributed by atoms with van der Waals surface area (Å²) in [6, 6.07) is 17.0. The highest BCUT2D eigenvalue weighted by Crippen LogP contribution is 2.26. The summed E-state index contributed by atoms with van der Waals surface area (Å²) >= 11 is 5.93. The molecule has 1 atom stereocenters.